The van der Waals surface area contributed by atoms with Crippen LogP contribution in [0.2, 0.25) is 0 Å². The number of anilines is 1. The summed E-state index contributed by atoms with van der Waals surface area (Å²) in [5, 5.41) is 5.32. The van der Waals surface area contributed by atoms with E-state index in [4.69, 9.17) is 0 Å². The van der Waals surface area contributed by atoms with Gasteiger partial charge >= 0.3 is 0 Å². The first kappa shape index (κ1) is 22.2. The summed E-state index contributed by atoms with van der Waals surface area (Å²) in [6.07, 6.45) is 1.49. The summed E-state index contributed by atoms with van der Waals surface area (Å²) in [5.41, 5.74) is 0.520. The van der Waals surface area contributed by atoms with E-state index in [-0.39, 0.29) is 46.5 Å². The van der Waals surface area contributed by atoms with Gasteiger partial charge in [-0.25, -0.2) is 4.39 Å². The van der Waals surface area contributed by atoms with Crippen molar-refractivity contribution < 1.29 is 18.8 Å². The first-order valence-corrected chi connectivity index (χ1v) is 10.6. The number of nitrogens with zero attached hydrogens (tertiary/aromatic N) is 1. The van der Waals surface area contributed by atoms with Crippen LogP contribution in [0.15, 0.2) is 24.3 Å². The molecule has 2 rings (SSSR count). The summed E-state index contributed by atoms with van der Waals surface area (Å²) in [6.45, 7) is 6.86. The monoisotopic (exact) mass is 409 g/mol. The third-order valence-electron chi connectivity index (χ3n) is 4.61. The maximum absolute atomic E-state index is 12.9. The van der Waals surface area contributed by atoms with Crippen LogP contribution in [0.1, 0.15) is 33.6 Å². The average molecular weight is 410 g/mol. The van der Waals surface area contributed by atoms with Gasteiger partial charge in [-0.05, 0) is 44.0 Å². The van der Waals surface area contributed by atoms with E-state index < -0.39 is 0 Å². The fraction of sp³-hybridized carbons (Fsp3) is 0.550. The largest absolute Gasteiger partial charge is 0.352 e. The molecular formula is C20H28FN3O3S. The van der Waals surface area contributed by atoms with Crippen molar-refractivity contribution in [2.45, 2.75) is 44.9 Å². The van der Waals surface area contributed by atoms with Crippen LogP contribution in [-0.4, -0.2) is 52.8 Å². The SMILES string of the molecule is CC(C)C(=O)N1CCC(NC(=O)C(C)SCC(=O)Nc2ccc(F)cc2)CC1. The minimum absolute atomic E-state index is 0.0105. The van der Waals surface area contributed by atoms with E-state index in [1.165, 1.54) is 36.0 Å². The van der Waals surface area contributed by atoms with Crippen molar-refractivity contribution >= 4 is 35.2 Å². The highest BCUT2D eigenvalue weighted by atomic mass is 32.2. The lowest BCUT2D eigenvalue weighted by molar-refractivity contribution is -0.135. The van der Waals surface area contributed by atoms with E-state index in [0.717, 1.165) is 12.8 Å². The molecule has 0 spiro atoms. The van der Waals surface area contributed by atoms with Crippen molar-refractivity contribution in [2.75, 3.05) is 24.2 Å². The normalized spacial score (nSPS) is 16.0. The fourth-order valence-corrected chi connectivity index (χ4v) is 3.63. The molecule has 2 N–H and O–H groups in total. The van der Waals surface area contributed by atoms with Gasteiger partial charge in [0, 0.05) is 30.7 Å². The number of hydrogen-bond acceptors (Lipinski definition) is 4. The Morgan fingerprint density at radius 2 is 1.75 bits per heavy atom. The molecule has 1 aromatic carbocycles. The van der Waals surface area contributed by atoms with Gasteiger partial charge in [0.25, 0.3) is 0 Å². The number of thioether (sulfide) groups is 1. The van der Waals surface area contributed by atoms with Gasteiger partial charge in [-0.3, -0.25) is 14.4 Å². The molecule has 1 fully saturated rings. The Labute approximate surface area is 169 Å². The van der Waals surface area contributed by atoms with E-state index in [0.29, 0.717) is 18.8 Å². The number of carbonyl (C=O) groups is 3. The average Bonchev–Trinajstić information content (AvgIpc) is 2.67. The third kappa shape index (κ3) is 6.82. The van der Waals surface area contributed by atoms with Crippen molar-refractivity contribution in [3.63, 3.8) is 0 Å². The Kier molecular flexibility index (Phi) is 8.29. The molecule has 154 valence electrons. The minimum atomic E-state index is -0.366. The number of halogens is 1. The number of benzene rings is 1. The van der Waals surface area contributed by atoms with Crippen LogP contribution in [-0.2, 0) is 14.4 Å². The summed E-state index contributed by atoms with van der Waals surface area (Å²) < 4.78 is 12.9. The summed E-state index contributed by atoms with van der Waals surface area (Å²) in [5.74, 6) is -0.431. The molecule has 1 atom stereocenters. The van der Waals surface area contributed by atoms with E-state index >= 15 is 0 Å². The first-order chi connectivity index (χ1) is 13.3. The molecule has 0 bridgehead atoms. The molecule has 1 aliphatic rings. The zero-order chi connectivity index (χ0) is 20.7. The first-order valence-electron chi connectivity index (χ1n) is 9.52. The van der Waals surface area contributed by atoms with Gasteiger partial charge in [-0.1, -0.05) is 13.8 Å². The fourth-order valence-electron chi connectivity index (χ4n) is 2.93. The number of nitrogens with one attached hydrogen (secondary N) is 2. The zero-order valence-corrected chi connectivity index (χ0v) is 17.4. The summed E-state index contributed by atoms with van der Waals surface area (Å²) >= 11 is 1.25. The van der Waals surface area contributed by atoms with Crippen LogP contribution < -0.4 is 10.6 Å². The molecule has 0 radical (unpaired) electrons. The molecule has 28 heavy (non-hydrogen) atoms. The van der Waals surface area contributed by atoms with Crippen LogP contribution in [0.4, 0.5) is 10.1 Å². The van der Waals surface area contributed by atoms with Gasteiger partial charge in [0.1, 0.15) is 5.82 Å². The van der Waals surface area contributed by atoms with E-state index in [1.54, 1.807) is 6.92 Å². The van der Waals surface area contributed by atoms with Gasteiger partial charge in [0.15, 0.2) is 0 Å². The Balaban J connectivity index is 1.69. The van der Waals surface area contributed by atoms with Crippen LogP contribution in [0, 0.1) is 11.7 Å². The Morgan fingerprint density at radius 3 is 2.32 bits per heavy atom. The summed E-state index contributed by atoms with van der Waals surface area (Å²) in [6, 6.07) is 5.59. The number of carbonyl (C=O) groups excluding carboxylic acids is 3. The molecule has 8 heteroatoms. The molecular weight excluding hydrogens is 381 g/mol. The standard InChI is InChI=1S/C20H28FN3O3S/c1-13(2)20(27)24-10-8-17(9-11-24)23-19(26)14(3)28-12-18(25)22-16-6-4-15(21)5-7-16/h4-7,13-14,17H,8-12H2,1-3H3,(H,22,25)(H,23,26). The Hall–Kier alpha value is -2.09. The second-order valence-electron chi connectivity index (χ2n) is 7.27. The van der Waals surface area contributed by atoms with E-state index in [2.05, 4.69) is 10.6 Å². The summed E-state index contributed by atoms with van der Waals surface area (Å²) in [7, 11) is 0. The molecule has 0 saturated carbocycles. The van der Waals surface area contributed by atoms with Crippen LogP contribution >= 0.6 is 11.8 Å². The second kappa shape index (κ2) is 10.5. The lowest BCUT2D eigenvalue weighted by atomic mass is 10.0. The second-order valence-corrected chi connectivity index (χ2v) is 8.60. The van der Waals surface area contributed by atoms with Gasteiger partial charge in [-0.15, -0.1) is 11.8 Å². The zero-order valence-electron chi connectivity index (χ0n) is 16.5. The van der Waals surface area contributed by atoms with Crippen LogP contribution in [0.25, 0.3) is 0 Å². The lowest BCUT2D eigenvalue weighted by Gasteiger charge is -2.33. The number of amides is 3. The van der Waals surface area contributed by atoms with Crippen LogP contribution in [0.5, 0.6) is 0 Å². The smallest absolute Gasteiger partial charge is 0.234 e. The van der Waals surface area contributed by atoms with Crippen molar-refractivity contribution in [2.24, 2.45) is 5.92 Å². The Morgan fingerprint density at radius 1 is 1.14 bits per heavy atom. The van der Waals surface area contributed by atoms with Crippen molar-refractivity contribution in [3.8, 4) is 0 Å². The molecule has 1 unspecified atom stereocenters. The predicted molar refractivity (Wildman–Crippen MR) is 110 cm³/mol. The topological polar surface area (TPSA) is 78.5 Å². The molecule has 1 heterocycles. The van der Waals surface area contributed by atoms with Gasteiger partial charge in [0.05, 0.1) is 11.0 Å². The molecule has 1 saturated heterocycles. The third-order valence-corrected chi connectivity index (χ3v) is 5.75. The summed E-state index contributed by atoms with van der Waals surface area (Å²) in [4.78, 5) is 38.2. The number of hydrogen-bond donors (Lipinski definition) is 2. The quantitative estimate of drug-likeness (QED) is 0.726. The molecule has 0 aliphatic carbocycles. The van der Waals surface area contributed by atoms with Gasteiger partial charge < -0.3 is 15.5 Å². The van der Waals surface area contributed by atoms with Gasteiger partial charge in [0.2, 0.25) is 17.7 Å². The van der Waals surface area contributed by atoms with Crippen molar-refractivity contribution in [1.82, 2.24) is 10.2 Å². The maximum atomic E-state index is 12.9. The maximum Gasteiger partial charge on any atom is 0.234 e. The highest BCUT2D eigenvalue weighted by molar-refractivity contribution is 8.01. The molecule has 6 nitrogen and oxygen atoms in total. The van der Waals surface area contributed by atoms with E-state index in [1.807, 2.05) is 18.7 Å². The minimum Gasteiger partial charge on any atom is -0.352 e. The molecule has 1 aromatic rings. The van der Waals surface area contributed by atoms with E-state index in [9.17, 15) is 18.8 Å². The van der Waals surface area contributed by atoms with Crippen molar-refractivity contribution in [3.05, 3.63) is 30.1 Å². The predicted octanol–water partition coefficient (Wildman–Crippen LogP) is 2.65. The molecule has 0 aromatic heterocycles. The highest BCUT2D eigenvalue weighted by Gasteiger charge is 2.26. The van der Waals surface area contributed by atoms with Crippen molar-refractivity contribution in [1.29, 1.82) is 0 Å². The number of rotatable bonds is 7. The molecule has 3 amide bonds. The highest BCUT2D eigenvalue weighted by Crippen LogP contribution is 2.16. The number of likely N-dealkylation sites (tertiary alicyclic amines) is 1. The Bertz CT molecular complexity index is 688. The molecule has 1 aliphatic heterocycles. The van der Waals surface area contributed by atoms with Gasteiger partial charge in [-0.2, -0.15) is 0 Å². The lowest BCUT2D eigenvalue weighted by Crippen LogP contribution is -2.48. The number of piperidine rings is 1. The van der Waals surface area contributed by atoms with Crippen LogP contribution in [0.3, 0.4) is 0 Å².